The van der Waals surface area contributed by atoms with Crippen molar-refractivity contribution in [2.24, 2.45) is 0 Å². The number of ether oxygens (including phenoxy) is 1. The second-order valence-corrected chi connectivity index (χ2v) is 3.33. The summed E-state index contributed by atoms with van der Waals surface area (Å²) in [7, 11) is 0. The highest BCUT2D eigenvalue weighted by Crippen LogP contribution is 2.39. The molecule has 2 nitrogen and oxygen atoms in total. The first-order valence-corrected chi connectivity index (χ1v) is 4.95. The first-order valence-electron chi connectivity index (χ1n) is 4.95. The molecule has 0 aromatic heterocycles. The second kappa shape index (κ2) is 5.32. The minimum Gasteiger partial charge on any atom is -0.434 e. The fourth-order valence-corrected chi connectivity index (χ4v) is 1.44. The van der Waals surface area contributed by atoms with Gasteiger partial charge in [-0.1, -0.05) is 19.1 Å². The molecule has 0 N–H and O–H groups in total. The van der Waals surface area contributed by atoms with Crippen molar-refractivity contribution in [3.05, 3.63) is 29.3 Å². The summed E-state index contributed by atoms with van der Waals surface area (Å²) in [6.07, 6.45) is -5.10. The molecule has 1 aromatic rings. The number of carbonyl (C=O) groups excluding carboxylic acids is 1. The van der Waals surface area contributed by atoms with E-state index >= 15 is 0 Å². The van der Waals surface area contributed by atoms with Crippen LogP contribution in [0.15, 0.2) is 18.2 Å². The monoisotopic (exact) mass is 268 g/mol. The molecule has 0 spiro atoms. The van der Waals surface area contributed by atoms with Crippen molar-refractivity contribution >= 4 is 5.78 Å². The Balaban J connectivity index is 3.40. The lowest BCUT2D eigenvalue weighted by Gasteiger charge is -2.16. The number of hydrogen-bond acceptors (Lipinski definition) is 2. The van der Waals surface area contributed by atoms with E-state index in [0.717, 1.165) is 18.2 Å². The maximum atomic E-state index is 12.8. The minimum atomic E-state index is -4.94. The lowest BCUT2D eigenvalue weighted by atomic mass is 10.0. The molecule has 0 amide bonds. The van der Waals surface area contributed by atoms with Crippen LogP contribution in [0, 0.1) is 0 Å². The standard InChI is InChI=1S/C11H9F5O2/c1-2-7(17)6-4-3-5-8(18-10(12)13)9(6)11(14,15)16/h3-5,10H,2H2,1H3. The molecule has 0 unspecified atom stereocenters. The summed E-state index contributed by atoms with van der Waals surface area (Å²) in [5, 5.41) is 0. The third-order valence-corrected chi connectivity index (χ3v) is 2.15. The van der Waals surface area contributed by atoms with Gasteiger partial charge in [-0.15, -0.1) is 0 Å². The van der Waals surface area contributed by atoms with E-state index in [9.17, 15) is 26.7 Å². The van der Waals surface area contributed by atoms with E-state index in [1.807, 2.05) is 0 Å². The summed E-state index contributed by atoms with van der Waals surface area (Å²) in [4.78, 5) is 11.4. The molecule has 0 saturated heterocycles. The number of rotatable bonds is 4. The van der Waals surface area contributed by atoms with Crippen molar-refractivity contribution in [2.45, 2.75) is 26.1 Å². The van der Waals surface area contributed by atoms with Crippen molar-refractivity contribution < 1.29 is 31.5 Å². The maximum absolute atomic E-state index is 12.8. The van der Waals surface area contributed by atoms with Gasteiger partial charge >= 0.3 is 12.8 Å². The molecule has 0 heterocycles. The van der Waals surface area contributed by atoms with Gasteiger partial charge in [-0.2, -0.15) is 22.0 Å². The summed E-state index contributed by atoms with van der Waals surface area (Å²) in [5.41, 5.74) is -2.12. The van der Waals surface area contributed by atoms with Gasteiger partial charge in [0.2, 0.25) is 0 Å². The first kappa shape index (κ1) is 14.4. The molecule has 100 valence electrons. The van der Waals surface area contributed by atoms with E-state index < -0.39 is 35.4 Å². The topological polar surface area (TPSA) is 26.3 Å². The Morgan fingerprint density at radius 1 is 1.33 bits per heavy atom. The molecule has 18 heavy (non-hydrogen) atoms. The van der Waals surface area contributed by atoms with Crippen molar-refractivity contribution in [3.63, 3.8) is 0 Å². The zero-order valence-electron chi connectivity index (χ0n) is 9.22. The molecule has 1 rings (SSSR count). The molecule has 0 aliphatic heterocycles. The highest BCUT2D eigenvalue weighted by atomic mass is 19.4. The molecule has 1 aromatic carbocycles. The van der Waals surface area contributed by atoms with Gasteiger partial charge < -0.3 is 4.74 Å². The number of halogens is 5. The average Bonchev–Trinajstić information content (AvgIpc) is 2.25. The Labute approximate surface area is 99.4 Å². The second-order valence-electron chi connectivity index (χ2n) is 3.33. The summed E-state index contributed by atoms with van der Waals surface area (Å²) >= 11 is 0. The first-order chi connectivity index (χ1) is 8.27. The maximum Gasteiger partial charge on any atom is 0.420 e. The molecule has 0 saturated carbocycles. The van der Waals surface area contributed by atoms with Gasteiger partial charge in [-0.25, -0.2) is 0 Å². The lowest BCUT2D eigenvalue weighted by Crippen LogP contribution is -2.16. The van der Waals surface area contributed by atoms with Gasteiger partial charge in [-0.05, 0) is 6.07 Å². The molecule has 0 radical (unpaired) electrons. The number of carbonyl (C=O) groups is 1. The van der Waals surface area contributed by atoms with Gasteiger partial charge in [0.25, 0.3) is 0 Å². The highest BCUT2D eigenvalue weighted by molar-refractivity contribution is 5.98. The van der Waals surface area contributed by atoms with Crippen LogP contribution in [0.1, 0.15) is 29.3 Å². The molecule has 0 aliphatic rings. The van der Waals surface area contributed by atoms with Crippen molar-refractivity contribution in [2.75, 3.05) is 0 Å². The van der Waals surface area contributed by atoms with Gasteiger partial charge in [-0.3, -0.25) is 4.79 Å². The number of hydrogen-bond donors (Lipinski definition) is 0. The lowest BCUT2D eigenvalue weighted by molar-refractivity contribution is -0.142. The largest absolute Gasteiger partial charge is 0.434 e. The summed E-state index contributed by atoms with van der Waals surface area (Å²) in [6.45, 7) is -2.01. The Morgan fingerprint density at radius 2 is 1.94 bits per heavy atom. The van der Waals surface area contributed by atoms with Crippen LogP contribution in [-0.4, -0.2) is 12.4 Å². The Morgan fingerprint density at radius 3 is 2.39 bits per heavy atom. The fourth-order valence-electron chi connectivity index (χ4n) is 1.44. The Kier molecular flexibility index (Phi) is 4.26. The van der Waals surface area contributed by atoms with Crippen molar-refractivity contribution in [1.82, 2.24) is 0 Å². The zero-order chi connectivity index (χ0) is 13.9. The Hall–Kier alpha value is -1.66. The van der Waals surface area contributed by atoms with Crippen LogP contribution in [0.4, 0.5) is 22.0 Å². The third-order valence-electron chi connectivity index (χ3n) is 2.15. The normalized spacial score (nSPS) is 11.7. The van der Waals surface area contributed by atoms with E-state index in [-0.39, 0.29) is 6.42 Å². The van der Waals surface area contributed by atoms with Gasteiger partial charge in [0, 0.05) is 12.0 Å². The van der Waals surface area contributed by atoms with Crippen LogP contribution in [0.5, 0.6) is 5.75 Å². The molecule has 0 fully saturated rings. The van der Waals surface area contributed by atoms with E-state index in [1.165, 1.54) is 6.92 Å². The highest BCUT2D eigenvalue weighted by Gasteiger charge is 2.39. The summed E-state index contributed by atoms with van der Waals surface area (Å²) < 4.78 is 66.2. The van der Waals surface area contributed by atoms with Crippen LogP contribution in [-0.2, 0) is 6.18 Å². The molecular formula is C11H9F5O2. The van der Waals surface area contributed by atoms with E-state index in [4.69, 9.17) is 0 Å². The predicted octanol–water partition coefficient (Wildman–Crippen LogP) is 3.90. The van der Waals surface area contributed by atoms with Crippen molar-refractivity contribution in [1.29, 1.82) is 0 Å². The number of benzene rings is 1. The van der Waals surface area contributed by atoms with E-state index in [2.05, 4.69) is 4.74 Å². The molecule has 7 heteroatoms. The molecular weight excluding hydrogens is 259 g/mol. The van der Waals surface area contributed by atoms with Crippen LogP contribution >= 0.6 is 0 Å². The molecule has 0 atom stereocenters. The summed E-state index contributed by atoms with van der Waals surface area (Å²) in [6, 6.07) is 2.75. The number of alkyl halides is 5. The zero-order valence-corrected chi connectivity index (χ0v) is 9.22. The van der Waals surface area contributed by atoms with E-state index in [0.29, 0.717) is 0 Å². The third kappa shape index (κ3) is 3.18. The van der Waals surface area contributed by atoms with Crippen LogP contribution in [0.3, 0.4) is 0 Å². The van der Waals surface area contributed by atoms with Crippen molar-refractivity contribution in [3.8, 4) is 5.75 Å². The minimum absolute atomic E-state index is 0.165. The SMILES string of the molecule is CCC(=O)c1cccc(OC(F)F)c1C(F)(F)F. The predicted molar refractivity (Wildman–Crippen MR) is 52.7 cm³/mol. The van der Waals surface area contributed by atoms with E-state index in [1.54, 1.807) is 0 Å². The Bertz CT molecular complexity index is 440. The molecule has 0 aliphatic carbocycles. The van der Waals surface area contributed by atoms with Crippen LogP contribution < -0.4 is 4.74 Å². The average molecular weight is 268 g/mol. The molecule has 0 bridgehead atoms. The van der Waals surface area contributed by atoms with Gasteiger partial charge in [0.15, 0.2) is 5.78 Å². The number of ketones is 1. The summed E-state index contributed by atoms with van der Waals surface area (Å²) in [5.74, 6) is -1.83. The smallest absolute Gasteiger partial charge is 0.420 e. The van der Waals surface area contributed by atoms with Gasteiger partial charge in [0.05, 0.1) is 0 Å². The number of Topliss-reactive ketones (excluding diaryl/α,β-unsaturated/α-hetero) is 1. The fraction of sp³-hybridized carbons (Fsp3) is 0.364. The van der Waals surface area contributed by atoms with Crippen LogP contribution in [0.25, 0.3) is 0 Å². The van der Waals surface area contributed by atoms with Crippen LogP contribution in [0.2, 0.25) is 0 Å². The quantitative estimate of drug-likeness (QED) is 0.611. The van der Waals surface area contributed by atoms with Gasteiger partial charge in [0.1, 0.15) is 11.3 Å².